The molecule has 7 nitrogen and oxygen atoms in total. The first-order chi connectivity index (χ1) is 20.2. The van der Waals surface area contributed by atoms with Crippen molar-refractivity contribution < 1.29 is 29.0 Å². The van der Waals surface area contributed by atoms with E-state index in [0.29, 0.717) is 63.9 Å². The molecule has 0 bridgehead atoms. The molecule has 1 heterocycles. The van der Waals surface area contributed by atoms with Gasteiger partial charge in [-0.25, -0.2) is 0 Å². The van der Waals surface area contributed by atoms with Crippen molar-refractivity contribution in [2.24, 2.45) is 10.8 Å². The lowest BCUT2D eigenvalue weighted by atomic mass is 9.63. The number of carbonyl (C=O) groups is 3. The van der Waals surface area contributed by atoms with E-state index in [2.05, 4.69) is 0 Å². The second kappa shape index (κ2) is 11.7. The minimum absolute atomic E-state index is 0.0443. The minimum atomic E-state index is -0.931. The summed E-state index contributed by atoms with van der Waals surface area (Å²) in [4.78, 5) is 41.6. The number of Topliss-reactive ketones (excluding diaryl/α,β-unsaturated/α-hetero) is 2. The molecule has 0 atom stereocenters. The van der Waals surface area contributed by atoms with Gasteiger partial charge in [0.1, 0.15) is 6.61 Å². The number of hydrogen-bond donors (Lipinski definition) is 1. The van der Waals surface area contributed by atoms with Gasteiger partial charge in [-0.2, -0.15) is 0 Å². The molecule has 0 saturated carbocycles. The molecule has 3 aliphatic rings. The number of benzene rings is 2. The van der Waals surface area contributed by atoms with Gasteiger partial charge in [-0.15, -0.1) is 0 Å². The predicted octanol–water partition coefficient (Wildman–Crippen LogP) is 7.74. The second-order valence-corrected chi connectivity index (χ2v) is 14.1. The van der Waals surface area contributed by atoms with E-state index in [-0.39, 0.29) is 42.0 Å². The minimum Gasteiger partial charge on any atom is -0.493 e. The molecule has 0 unspecified atom stereocenters. The van der Waals surface area contributed by atoms with Crippen molar-refractivity contribution in [1.82, 2.24) is 4.90 Å². The Morgan fingerprint density at radius 3 is 2.09 bits per heavy atom. The molecule has 2 aromatic carbocycles. The standard InChI is InChI=1S/C34H37Cl2NO6/c1-33(2)14-23-30(25(38)16-33)29(31-24(37(23)10-9-28(40)41)15-34(3,4)17-26(31)39)20-12-22(36)32(27(13-20)42-5)43-18-19-7-6-8-21(35)11-19/h6-8,11-13,29H,9-10,14-18H2,1-5H3,(H,40,41). The fraction of sp³-hybridized carbons (Fsp3) is 0.441. The number of halogens is 2. The third-order valence-electron chi connectivity index (χ3n) is 8.43. The summed E-state index contributed by atoms with van der Waals surface area (Å²) in [6.45, 7) is 8.59. The molecule has 9 heteroatoms. The summed E-state index contributed by atoms with van der Waals surface area (Å²) in [5, 5.41) is 10.5. The van der Waals surface area contributed by atoms with Crippen molar-refractivity contribution >= 4 is 40.7 Å². The molecule has 0 saturated heterocycles. The molecular weight excluding hydrogens is 589 g/mol. The first-order valence-corrected chi connectivity index (χ1v) is 15.2. The predicted molar refractivity (Wildman–Crippen MR) is 166 cm³/mol. The maximum Gasteiger partial charge on any atom is 0.305 e. The van der Waals surface area contributed by atoms with Crippen molar-refractivity contribution in [3.63, 3.8) is 0 Å². The van der Waals surface area contributed by atoms with Crippen LogP contribution >= 0.6 is 23.2 Å². The summed E-state index contributed by atoms with van der Waals surface area (Å²) in [5.74, 6) is -0.934. The van der Waals surface area contributed by atoms with Gasteiger partial charge < -0.3 is 19.5 Å². The zero-order valence-corrected chi connectivity index (χ0v) is 26.7. The highest BCUT2D eigenvalue weighted by Crippen LogP contribution is 2.55. The van der Waals surface area contributed by atoms with E-state index in [9.17, 15) is 19.5 Å². The smallest absolute Gasteiger partial charge is 0.305 e. The van der Waals surface area contributed by atoms with Crippen LogP contribution in [0.1, 0.15) is 76.8 Å². The number of carboxylic acids is 1. The van der Waals surface area contributed by atoms with Crippen molar-refractivity contribution in [2.75, 3.05) is 13.7 Å². The molecule has 0 aromatic heterocycles. The first-order valence-electron chi connectivity index (χ1n) is 14.5. The van der Waals surface area contributed by atoms with Gasteiger partial charge in [0, 0.05) is 52.9 Å². The van der Waals surface area contributed by atoms with Gasteiger partial charge in [0.15, 0.2) is 23.1 Å². The highest BCUT2D eigenvalue weighted by molar-refractivity contribution is 6.32. The van der Waals surface area contributed by atoms with Crippen molar-refractivity contribution in [3.8, 4) is 11.5 Å². The number of nitrogens with zero attached hydrogens (tertiary/aromatic N) is 1. The Morgan fingerprint density at radius 1 is 0.953 bits per heavy atom. The molecule has 43 heavy (non-hydrogen) atoms. The molecule has 1 aliphatic heterocycles. The number of carbonyl (C=O) groups excluding carboxylic acids is 2. The summed E-state index contributed by atoms with van der Waals surface area (Å²) < 4.78 is 11.8. The molecule has 0 fully saturated rings. The van der Waals surface area contributed by atoms with Crippen LogP contribution in [0.3, 0.4) is 0 Å². The number of hydrogen-bond acceptors (Lipinski definition) is 6. The first kappa shape index (κ1) is 31.1. The van der Waals surface area contributed by atoms with Gasteiger partial charge in [0.05, 0.1) is 18.6 Å². The normalized spacial score (nSPS) is 19.7. The maximum absolute atomic E-state index is 14.0. The number of rotatable bonds is 8. The number of ether oxygens (including phenoxy) is 2. The summed E-state index contributed by atoms with van der Waals surface area (Å²) in [5.41, 5.74) is 3.57. The van der Waals surface area contributed by atoms with Crippen molar-refractivity contribution in [2.45, 2.75) is 72.3 Å². The second-order valence-electron chi connectivity index (χ2n) is 13.3. The average molecular weight is 627 g/mol. The number of carboxylic acid groups (broad SMARTS) is 1. The lowest BCUT2D eigenvalue weighted by molar-refractivity contribution is -0.137. The van der Waals surface area contributed by atoms with Crippen molar-refractivity contribution in [1.29, 1.82) is 0 Å². The van der Waals surface area contributed by atoms with Gasteiger partial charge in [-0.05, 0) is 59.1 Å². The Balaban J connectivity index is 1.66. The number of allylic oxidation sites excluding steroid dienone is 4. The van der Waals surface area contributed by atoms with E-state index in [1.807, 2.05) is 50.8 Å². The largest absolute Gasteiger partial charge is 0.493 e. The van der Waals surface area contributed by atoms with Gasteiger partial charge in [0.25, 0.3) is 0 Å². The Morgan fingerprint density at radius 2 is 1.56 bits per heavy atom. The quantitative estimate of drug-likeness (QED) is 0.320. The maximum atomic E-state index is 14.0. The average Bonchev–Trinajstić information content (AvgIpc) is 2.89. The fourth-order valence-electron chi connectivity index (χ4n) is 6.69. The summed E-state index contributed by atoms with van der Waals surface area (Å²) in [6, 6.07) is 10.9. The van der Waals surface area contributed by atoms with Gasteiger partial charge in [0.2, 0.25) is 0 Å². The van der Waals surface area contributed by atoms with E-state index in [4.69, 9.17) is 32.7 Å². The van der Waals surface area contributed by atoms with E-state index >= 15 is 0 Å². The van der Waals surface area contributed by atoms with Crippen LogP contribution in [-0.2, 0) is 21.0 Å². The van der Waals surface area contributed by atoms with E-state index in [1.165, 1.54) is 7.11 Å². The molecule has 0 spiro atoms. The molecule has 0 radical (unpaired) electrons. The van der Waals surface area contributed by atoms with Crippen LogP contribution in [-0.4, -0.2) is 41.2 Å². The Hall–Kier alpha value is -3.29. The van der Waals surface area contributed by atoms with Crippen molar-refractivity contribution in [3.05, 3.63) is 80.1 Å². The van der Waals surface area contributed by atoms with Crippen LogP contribution in [0.5, 0.6) is 11.5 Å². The third kappa shape index (κ3) is 6.34. The molecule has 0 amide bonds. The van der Waals surface area contributed by atoms with Crippen LogP contribution in [0.4, 0.5) is 0 Å². The lowest BCUT2D eigenvalue weighted by Crippen LogP contribution is -2.45. The number of aliphatic carboxylic acids is 1. The van der Waals surface area contributed by atoms with Crippen LogP contribution in [0.15, 0.2) is 58.9 Å². The Bertz CT molecular complexity index is 1520. The van der Waals surface area contributed by atoms with E-state index in [1.54, 1.807) is 18.2 Å². The van der Waals surface area contributed by atoms with E-state index in [0.717, 1.165) is 17.0 Å². The summed E-state index contributed by atoms with van der Waals surface area (Å²) in [7, 11) is 1.52. The van der Waals surface area contributed by atoms with Gasteiger partial charge >= 0.3 is 5.97 Å². The zero-order chi connectivity index (χ0) is 31.3. The highest BCUT2D eigenvalue weighted by Gasteiger charge is 2.49. The monoisotopic (exact) mass is 625 g/mol. The topological polar surface area (TPSA) is 93.1 Å². The lowest BCUT2D eigenvalue weighted by Gasteiger charge is -2.49. The molecule has 2 aromatic rings. The molecule has 1 N–H and O–H groups in total. The Labute approximate surface area is 262 Å². The SMILES string of the molecule is COc1cc(C2C3=C(CC(C)(C)CC3=O)N(CCC(=O)O)C3=C2C(=O)CC(C)(C)C3)cc(Cl)c1OCc1cccc(Cl)c1. The summed E-state index contributed by atoms with van der Waals surface area (Å²) >= 11 is 13.0. The Kier molecular flexibility index (Phi) is 8.45. The van der Waals surface area contributed by atoms with Crippen LogP contribution in [0.2, 0.25) is 10.0 Å². The third-order valence-corrected chi connectivity index (χ3v) is 8.94. The van der Waals surface area contributed by atoms with Gasteiger partial charge in [-0.1, -0.05) is 63.0 Å². The number of ketones is 2. The molecule has 2 aliphatic carbocycles. The van der Waals surface area contributed by atoms with Crippen LogP contribution < -0.4 is 9.47 Å². The fourth-order valence-corrected chi connectivity index (χ4v) is 7.17. The van der Waals surface area contributed by atoms with Crippen LogP contribution in [0.25, 0.3) is 0 Å². The molecule has 228 valence electrons. The van der Waals surface area contributed by atoms with Crippen LogP contribution in [0, 0.1) is 10.8 Å². The number of methoxy groups -OCH3 is 1. The highest BCUT2D eigenvalue weighted by atomic mass is 35.5. The molecule has 5 rings (SSSR count). The van der Waals surface area contributed by atoms with E-state index < -0.39 is 11.9 Å². The zero-order valence-electron chi connectivity index (χ0n) is 25.2. The molecular formula is C34H37Cl2NO6. The van der Waals surface area contributed by atoms with Gasteiger partial charge in [-0.3, -0.25) is 14.4 Å². The summed E-state index contributed by atoms with van der Waals surface area (Å²) in [6.07, 6.45) is 1.70.